The molecule has 0 aliphatic heterocycles. The maximum Gasteiger partial charge on any atom is 0.429 e. The van der Waals surface area contributed by atoms with Gasteiger partial charge in [0.2, 0.25) is 0 Å². The Morgan fingerprint density at radius 1 is 0.826 bits per heavy atom. The number of anilines is 1. The van der Waals surface area contributed by atoms with Crippen LogP contribution in [-0.4, -0.2) is 29.2 Å². The molecular formula is C11H5F9N2S. The highest BCUT2D eigenvalue weighted by Crippen LogP contribution is 2.54. The Kier molecular flexibility index (Phi) is 5.02. The van der Waals surface area contributed by atoms with Crippen LogP contribution >= 0.6 is 12.2 Å². The molecule has 0 spiro atoms. The molecule has 1 aromatic carbocycles. The highest BCUT2D eigenvalue weighted by Gasteiger charge is 2.84. The van der Waals surface area contributed by atoms with Crippen LogP contribution in [-0.2, 0) is 0 Å². The van der Waals surface area contributed by atoms with E-state index in [-0.39, 0.29) is 0 Å². The summed E-state index contributed by atoms with van der Waals surface area (Å²) >= 11 is 4.14. The average molecular weight is 368 g/mol. The van der Waals surface area contributed by atoms with Crippen molar-refractivity contribution in [2.24, 2.45) is 4.99 Å². The lowest BCUT2D eigenvalue weighted by Crippen LogP contribution is -2.70. The summed E-state index contributed by atoms with van der Waals surface area (Å²) in [4.78, 5) is 3.14. The van der Waals surface area contributed by atoms with Gasteiger partial charge in [-0.3, -0.25) is 0 Å². The van der Waals surface area contributed by atoms with Crippen LogP contribution in [0, 0.1) is 0 Å². The van der Waals surface area contributed by atoms with E-state index in [1.807, 2.05) is 0 Å². The number of hydrogen-bond donors (Lipinski definition) is 1. The molecule has 0 atom stereocenters. The maximum atomic E-state index is 12.8. The summed E-state index contributed by atoms with van der Waals surface area (Å²) in [6.07, 6.45) is -20.2. The molecule has 0 heterocycles. The number of halogens is 9. The zero-order valence-corrected chi connectivity index (χ0v) is 11.4. The van der Waals surface area contributed by atoms with Crippen LogP contribution in [0.1, 0.15) is 0 Å². The lowest BCUT2D eigenvalue weighted by Gasteiger charge is -2.39. The van der Waals surface area contributed by atoms with Crippen LogP contribution in [0.4, 0.5) is 50.9 Å². The third kappa shape index (κ3) is 3.42. The number of nitrogens with zero attached hydrogens (tertiary/aromatic N) is 1. The van der Waals surface area contributed by atoms with Crippen LogP contribution in [0.2, 0.25) is 0 Å². The van der Waals surface area contributed by atoms with E-state index in [1.54, 1.807) is 5.16 Å². The zero-order chi connectivity index (χ0) is 18.1. The Morgan fingerprint density at radius 3 is 1.65 bits per heavy atom. The predicted octanol–water partition coefficient (Wildman–Crippen LogP) is 5.26. The monoisotopic (exact) mass is 368 g/mol. The number of alkyl halides is 9. The first kappa shape index (κ1) is 19.2. The Balaban J connectivity index is 3.65. The Hall–Kier alpha value is -1.81. The minimum Gasteiger partial charge on any atom is -0.355 e. The van der Waals surface area contributed by atoms with Gasteiger partial charge in [-0.2, -0.15) is 44.5 Å². The molecule has 1 rings (SSSR count). The number of hydrogen-bond acceptors (Lipinski definition) is 3. The van der Waals surface area contributed by atoms with Crippen LogP contribution in [0.5, 0.6) is 0 Å². The molecule has 128 valence electrons. The Bertz CT molecular complexity index is 575. The van der Waals surface area contributed by atoms with Crippen molar-refractivity contribution >= 4 is 28.8 Å². The Labute approximate surface area is 128 Å². The van der Waals surface area contributed by atoms with Crippen molar-refractivity contribution in [2.75, 3.05) is 5.32 Å². The third-order valence-corrected chi connectivity index (χ3v) is 2.76. The minimum absolute atomic E-state index is 0.511. The van der Waals surface area contributed by atoms with Crippen LogP contribution in [0.25, 0.3) is 0 Å². The number of benzene rings is 1. The molecule has 1 aromatic rings. The molecule has 0 aliphatic rings. The predicted molar refractivity (Wildman–Crippen MR) is 65.6 cm³/mol. The first-order valence-electron chi connectivity index (χ1n) is 5.43. The molecule has 0 amide bonds. The molecule has 0 aliphatic carbocycles. The third-order valence-electron chi connectivity index (χ3n) is 2.67. The van der Waals surface area contributed by atoms with Gasteiger partial charge in [-0.1, -0.05) is 12.1 Å². The molecule has 0 fully saturated rings. The van der Waals surface area contributed by atoms with Crippen LogP contribution < -0.4 is 5.32 Å². The van der Waals surface area contributed by atoms with E-state index < -0.39 is 35.4 Å². The molecule has 0 aromatic heterocycles. The van der Waals surface area contributed by atoms with E-state index in [0.29, 0.717) is 11.4 Å². The lowest BCUT2D eigenvalue weighted by atomic mass is 9.96. The fraction of sp³-hybridized carbons (Fsp3) is 0.364. The summed E-state index contributed by atoms with van der Waals surface area (Å²) in [5.41, 5.74) is -7.98. The molecule has 0 saturated carbocycles. The van der Waals surface area contributed by atoms with E-state index in [4.69, 9.17) is 0 Å². The van der Waals surface area contributed by atoms with Gasteiger partial charge in [0.15, 0.2) is 0 Å². The van der Waals surface area contributed by atoms with Crippen molar-refractivity contribution < 1.29 is 39.5 Å². The van der Waals surface area contributed by atoms with Crippen molar-refractivity contribution in [3.63, 3.8) is 0 Å². The summed E-state index contributed by atoms with van der Waals surface area (Å²) in [7, 11) is 0. The summed E-state index contributed by atoms with van der Waals surface area (Å²) in [5.74, 6) is 0. The molecule has 0 bridgehead atoms. The van der Waals surface area contributed by atoms with Gasteiger partial charge in [-0.05, 0) is 24.4 Å². The second kappa shape index (κ2) is 6.00. The Morgan fingerprint density at radius 2 is 1.26 bits per heavy atom. The smallest absolute Gasteiger partial charge is 0.355 e. The first-order chi connectivity index (χ1) is 10.3. The van der Waals surface area contributed by atoms with Gasteiger partial charge in [0.05, 0.1) is 16.5 Å². The van der Waals surface area contributed by atoms with Crippen molar-refractivity contribution in [2.45, 2.75) is 24.1 Å². The standard InChI is InChI=1S/C11H5F9N2S/c12-9(13,14)8(10(15,16)17,11(18,19)20)22-7-4-2-1-3-6(7)21-5-23/h1-4,22H. The minimum atomic E-state index is -6.72. The average Bonchev–Trinajstić information content (AvgIpc) is 2.33. The molecule has 0 radical (unpaired) electrons. The number of thiocarbonyl (C=S) groups is 1. The maximum absolute atomic E-state index is 12.8. The van der Waals surface area contributed by atoms with E-state index >= 15 is 0 Å². The zero-order valence-electron chi connectivity index (χ0n) is 10.6. The summed E-state index contributed by atoms with van der Waals surface area (Å²) in [5, 5.41) is 2.16. The number of rotatable bonds is 3. The quantitative estimate of drug-likeness (QED) is 0.447. The van der Waals surface area contributed by atoms with Gasteiger partial charge >= 0.3 is 24.1 Å². The second-order valence-corrected chi connectivity index (χ2v) is 4.27. The fourth-order valence-corrected chi connectivity index (χ4v) is 1.72. The summed E-state index contributed by atoms with van der Waals surface area (Å²) < 4.78 is 115. The van der Waals surface area contributed by atoms with E-state index in [9.17, 15) is 39.5 Å². The van der Waals surface area contributed by atoms with E-state index in [1.165, 1.54) is 0 Å². The number of isothiocyanates is 1. The molecule has 0 unspecified atom stereocenters. The topological polar surface area (TPSA) is 24.4 Å². The van der Waals surface area contributed by atoms with Crippen molar-refractivity contribution in [1.82, 2.24) is 0 Å². The van der Waals surface area contributed by atoms with Gasteiger partial charge in [-0.25, -0.2) is 0 Å². The summed E-state index contributed by atoms with van der Waals surface area (Å²) in [6, 6.07) is 3.50. The lowest BCUT2D eigenvalue weighted by molar-refractivity contribution is -0.370. The second-order valence-electron chi connectivity index (χ2n) is 4.09. The number of aliphatic imine (C=N–C) groups is 1. The van der Waals surface area contributed by atoms with Crippen molar-refractivity contribution in [3.8, 4) is 0 Å². The first-order valence-corrected chi connectivity index (χ1v) is 5.84. The van der Waals surface area contributed by atoms with Crippen LogP contribution in [0.3, 0.4) is 0 Å². The summed E-state index contributed by atoms with van der Waals surface area (Å²) in [6.45, 7) is 0. The highest BCUT2D eigenvalue weighted by molar-refractivity contribution is 7.78. The normalized spacial score (nSPS) is 13.4. The molecule has 2 nitrogen and oxygen atoms in total. The van der Waals surface area contributed by atoms with Gasteiger partial charge in [0.1, 0.15) is 0 Å². The molecular weight excluding hydrogens is 363 g/mol. The van der Waals surface area contributed by atoms with Crippen molar-refractivity contribution in [1.29, 1.82) is 0 Å². The van der Waals surface area contributed by atoms with Gasteiger partial charge < -0.3 is 5.32 Å². The molecule has 12 heteroatoms. The van der Waals surface area contributed by atoms with Crippen molar-refractivity contribution in [3.05, 3.63) is 24.3 Å². The molecule has 1 N–H and O–H groups in total. The largest absolute Gasteiger partial charge is 0.429 e. The van der Waals surface area contributed by atoms with E-state index in [2.05, 4.69) is 17.2 Å². The highest BCUT2D eigenvalue weighted by atomic mass is 32.1. The fourth-order valence-electron chi connectivity index (χ4n) is 1.62. The molecule has 0 saturated heterocycles. The van der Waals surface area contributed by atoms with Crippen LogP contribution in [0.15, 0.2) is 29.3 Å². The number of nitrogens with one attached hydrogen (secondary N) is 1. The van der Waals surface area contributed by atoms with Gasteiger partial charge in [0, 0.05) is 0 Å². The van der Waals surface area contributed by atoms with E-state index in [0.717, 1.165) is 18.2 Å². The molecule has 23 heavy (non-hydrogen) atoms. The SMILES string of the molecule is FC(F)(F)C(Nc1ccccc1N=C=S)(C(F)(F)F)C(F)(F)F. The van der Waals surface area contributed by atoms with Gasteiger partial charge in [-0.15, -0.1) is 0 Å². The van der Waals surface area contributed by atoms with Gasteiger partial charge in [0.25, 0.3) is 0 Å². The number of para-hydroxylation sites is 2.